The van der Waals surface area contributed by atoms with Gasteiger partial charge in [-0.05, 0) is 37.6 Å². The summed E-state index contributed by atoms with van der Waals surface area (Å²) in [5.74, 6) is -1.26. The van der Waals surface area contributed by atoms with Crippen LogP contribution in [0.1, 0.15) is 25.8 Å². The summed E-state index contributed by atoms with van der Waals surface area (Å²) < 4.78 is 5.73. The van der Waals surface area contributed by atoms with Crippen LogP contribution in [-0.2, 0) is 9.59 Å². The normalized spacial score (nSPS) is 16.1. The molecule has 1 N–H and O–H groups in total. The molecular formula is C20H18ClN3O5. The Morgan fingerprint density at radius 2 is 1.97 bits per heavy atom. The first-order valence-electron chi connectivity index (χ1n) is 8.88. The molecule has 1 aliphatic heterocycles. The van der Waals surface area contributed by atoms with Crippen LogP contribution < -0.4 is 15.2 Å². The van der Waals surface area contributed by atoms with Crippen LogP contribution >= 0.6 is 11.6 Å². The summed E-state index contributed by atoms with van der Waals surface area (Å²) in [6, 6.07) is 11.2. The highest BCUT2D eigenvalue weighted by molar-refractivity contribution is 6.32. The van der Waals surface area contributed by atoms with Crippen LogP contribution in [0.4, 0.5) is 11.4 Å². The van der Waals surface area contributed by atoms with E-state index in [-0.39, 0.29) is 33.7 Å². The molecule has 0 saturated carbocycles. The summed E-state index contributed by atoms with van der Waals surface area (Å²) >= 11 is 6.03. The fourth-order valence-corrected chi connectivity index (χ4v) is 2.95. The van der Waals surface area contributed by atoms with Gasteiger partial charge in [0, 0.05) is 16.7 Å². The highest BCUT2D eigenvalue weighted by Gasteiger charge is 2.35. The van der Waals surface area contributed by atoms with E-state index < -0.39 is 16.7 Å². The van der Waals surface area contributed by atoms with Gasteiger partial charge in [-0.1, -0.05) is 36.7 Å². The van der Waals surface area contributed by atoms with Crippen molar-refractivity contribution < 1.29 is 19.2 Å². The Balaban J connectivity index is 2.08. The largest absolute Gasteiger partial charge is 0.483 e. The van der Waals surface area contributed by atoms with E-state index in [1.807, 2.05) is 6.92 Å². The summed E-state index contributed by atoms with van der Waals surface area (Å²) in [5.41, 5.74) is 2.63. The van der Waals surface area contributed by atoms with Crippen LogP contribution in [0, 0.1) is 10.1 Å². The van der Waals surface area contributed by atoms with Gasteiger partial charge in [0.25, 0.3) is 11.8 Å². The first kappa shape index (κ1) is 20.3. The second-order valence-corrected chi connectivity index (χ2v) is 6.85. The van der Waals surface area contributed by atoms with Crippen molar-refractivity contribution in [3.63, 3.8) is 0 Å². The summed E-state index contributed by atoms with van der Waals surface area (Å²) in [6.45, 7) is 3.63. The first-order valence-corrected chi connectivity index (χ1v) is 9.26. The number of para-hydroxylation sites is 1. The average molecular weight is 416 g/mol. The molecule has 0 aliphatic carbocycles. The van der Waals surface area contributed by atoms with Crippen molar-refractivity contribution in [2.24, 2.45) is 0 Å². The number of nitro benzene ring substituents is 1. The number of ether oxygens (including phenoxy) is 1. The maximum Gasteiger partial charge on any atom is 0.313 e. The fourth-order valence-electron chi connectivity index (χ4n) is 2.73. The topological polar surface area (TPSA) is 102 Å². The number of nitrogens with zero attached hydrogens (tertiary/aromatic N) is 2. The van der Waals surface area contributed by atoms with Crippen molar-refractivity contribution in [3.8, 4) is 5.75 Å². The van der Waals surface area contributed by atoms with Gasteiger partial charge >= 0.3 is 5.69 Å². The molecule has 1 atom stereocenters. The molecule has 0 spiro atoms. The van der Waals surface area contributed by atoms with E-state index in [1.54, 1.807) is 37.3 Å². The summed E-state index contributed by atoms with van der Waals surface area (Å²) in [4.78, 5) is 36.1. The molecule has 0 bridgehead atoms. The fraction of sp³-hybridized carbons (Fsp3) is 0.200. The number of nitro groups is 1. The highest BCUT2D eigenvalue weighted by Crippen LogP contribution is 2.37. The van der Waals surface area contributed by atoms with Crippen molar-refractivity contribution >= 4 is 40.9 Å². The summed E-state index contributed by atoms with van der Waals surface area (Å²) in [6.07, 6.45) is 1.55. The SMILES string of the molecule is CC[C@@H](C)Oc1c(/C=C2/C(=O)NN(c3ccccc3)C2=O)cc(Cl)cc1[N+](=O)[O-]. The number of hydrogen-bond donors (Lipinski definition) is 1. The van der Waals surface area contributed by atoms with Gasteiger partial charge in [-0.15, -0.1) is 0 Å². The zero-order valence-electron chi connectivity index (χ0n) is 15.7. The maximum atomic E-state index is 12.8. The number of carbonyl (C=O) groups excluding carboxylic acids is 2. The van der Waals surface area contributed by atoms with Gasteiger partial charge in [0.2, 0.25) is 5.75 Å². The Hall–Kier alpha value is -3.39. The second-order valence-electron chi connectivity index (χ2n) is 6.41. The van der Waals surface area contributed by atoms with E-state index >= 15 is 0 Å². The van der Waals surface area contributed by atoms with Crippen LogP contribution in [-0.4, -0.2) is 22.8 Å². The number of benzene rings is 2. The van der Waals surface area contributed by atoms with Gasteiger partial charge in [-0.2, -0.15) is 0 Å². The minimum Gasteiger partial charge on any atom is -0.483 e. The lowest BCUT2D eigenvalue weighted by molar-refractivity contribution is -0.386. The monoisotopic (exact) mass is 415 g/mol. The molecule has 1 heterocycles. The smallest absolute Gasteiger partial charge is 0.313 e. The van der Waals surface area contributed by atoms with Crippen LogP contribution in [0.3, 0.4) is 0 Å². The molecule has 2 aromatic rings. The summed E-state index contributed by atoms with van der Waals surface area (Å²) in [7, 11) is 0. The van der Waals surface area contributed by atoms with Crippen LogP contribution in [0.15, 0.2) is 48.0 Å². The molecule has 29 heavy (non-hydrogen) atoms. The van der Waals surface area contributed by atoms with Gasteiger partial charge in [0.05, 0.1) is 16.7 Å². The van der Waals surface area contributed by atoms with Crippen molar-refractivity contribution in [3.05, 3.63) is 68.7 Å². The predicted molar refractivity (Wildman–Crippen MR) is 109 cm³/mol. The number of nitrogens with one attached hydrogen (secondary N) is 1. The van der Waals surface area contributed by atoms with Crippen molar-refractivity contribution in [1.82, 2.24) is 5.43 Å². The molecular weight excluding hydrogens is 398 g/mol. The third-order valence-corrected chi connectivity index (χ3v) is 4.58. The molecule has 0 unspecified atom stereocenters. The molecule has 2 amide bonds. The third kappa shape index (κ3) is 4.22. The highest BCUT2D eigenvalue weighted by atomic mass is 35.5. The van der Waals surface area contributed by atoms with Gasteiger partial charge in [0.15, 0.2) is 0 Å². The molecule has 1 saturated heterocycles. The van der Waals surface area contributed by atoms with Crippen LogP contribution in [0.5, 0.6) is 5.75 Å². The Morgan fingerprint density at radius 3 is 2.59 bits per heavy atom. The van der Waals surface area contributed by atoms with Gasteiger partial charge in [-0.25, -0.2) is 5.01 Å². The molecule has 0 radical (unpaired) electrons. The van der Waals surface area contributed by atoms with Gasteiger partial charge in [-0.3, -0.25) is 25.1 Å². The number of hydrogen-bond acceptors (Lipinski definition) is 5. The minimum atomic E-state index is -0.629. The number of amides is 2. The lowest BCUT2D eigenvalue weighted by Gasteiger charge is -2.15. The van der Waals surface area contributed by atoms with E-state index in [0.717, 1.165) is 5.01 Å². The number of halogens is 1. The Kier molecular flexibility index (Phi) is 5.84. The molecule has 0 aromatic heterocycles. The van der Waals surface area contributed by atoms with E-state index in [0.29, 0.717) is 12.1 Å². The molecule has 8 nitrogen and oxygen atoms in total. The second kappa shape index (κ2) is 8.32. The number of anilines is 1. The third-order valence-electron chi connectivity index (χ3n) is 4.36. The molecule has 150 valence electrons. The standard InChI is InChI=1S/C20H18ClN3O5/c1-3-12(2)29-18-13(9-14(21)11-17(18)24(27)28)10-16-19(25)22-23(20(16)26)15-7-5-4-6-8-15/h4-12H,3H2,1-2H3,(H,22,25)/b16-10-/t12-/m1/s1. The minimum absolute atomic E-state index is 0.0417. The average Bonchev–Trinajstić information content (AvgIpc) is 2.98. The van der Waals surface area contributed by atoms with Crippen LogP contribution in [0.2, 0.25) is 5.02 Å². The van der Waals surface area contributed by atoms with Crippen LogP contribution in [0.25, 0.3) is 6.08 Å². The number of carbonyl (C=O) groups is 2. The maximum absolute atomic E-state index is 12.8. The quantitative estimate of drug-likeness (QED) is 0.334. The van der Waals surface area contributed by atoms with Crippen molar-refractivity contribution in [2.45, 2.75) is 26.4 Å². The Bertz CT molecular complexity index is 1010. The number of rotatable bonds is 6. The number of hydrazine groups is 1. The molecule has 3 rings (SSSR count). The van der Waals surface area contributed by atoms with E-state index in [2.05, 4.69) is 5.43 Å². The summed E-state index contributed by atoms with van der Waals surface area (Å²) in [5, 5.41) is 12.7. The molecule has 1 aliphatic rings. The van der Waals surface area contributed by atoms with Gasteiger partial charge in [0.1, 0.15) is 5.57 Å². The van der Waals surface area contributed by atoms with Crippen molar-refractivity contribution in [1.29, 1.82) is 0 Å². The van der Waals surface area contributed by atoms with E-state index in [4.69, 9.17) is 16.3 Å². The first-order chi connectivity index (χ1) is 13.8. The zero-order chi connectivity index (χ0) is 21.1. The predicted octanol–water partition coefficient (Wildman–Crippen LogP) is 3.89. The zero-order valence-corrected chi connectivity index (χ0v) is 16.5. The Morgan fingerprint density at radius 1 is 1.28 bits per heavy atom. The van der Waals surface area contributed by atoms with E-state index in [9.17, 15) is 19.7 Å². The van der Waals surface area contributed by atoms with Gasteiger partial charge < -0.3 is 4.74 Å². The van der Waals surface area contributed by atoms with Crippen molar-refractivity contribution in [2.75, 3.05) is 5.01 Å². The molecule has 2 aromatic carbocycles. The Labute approximate surface area is 171 Å². The molecule has 1 fully saturated rings. The lowest BCUT2D eigenvalue weighted by Crippen LogP contribution is -2.35. The lowest BCUT2D eigenvalue weighted by atomic mass is 10.1. The van der Waals surface area contributed by atoms with E-state index in [1.165, 1.54) is 18.2 Å². The molecule has 9 heteroatoms.